The maximum Gasteiger partial charge on any atom is 0.322 e. The van der Waals surface area contributed by atoms with Crippen LogP contribution in [0.4, 0.5) is 22.7 Å². The van der Waals surface area contributed by atoms with Crippen LogP contribution in [0.2, 0.25) is 0 Å². The van der Waals surface area contributed by atoms with E-state index in [0.29, 0.717) is 11.4 Å². The Balaban J connectivity index is 2.50. The Kier molecular flexibility index (Phi) is 6.06. The second kappa shape index (κ2) is 8.44. The summed E-state index contributed by atoms with van der Waals surface area (Å²) >= 11 is 0. The predicted molar refractivity (Wildman–Crippen MR) is 96.0 cm³/mol. The number of benzene rings is 2. The average Bonchev–Trinajstić information content (AvgIpc) is 2.66. The number of methoxy groups -OCH3 is 1. The van der Waals surface area contributed by atoms with Gasteiger partial charge in [0.2, 0.25) is 0 Å². The molecule has 0 saturated heterocycles. The number of amides is 1. The van der Waals surface area contributed by atoms with Crippen LogP contribution >= 0.6 is 0 Å². The fraction of sp³-hybridized carbons (Fsp3) is 0.125. The van der Waals surface area contributed by atoms with Crippen molar-refractivity contribution in [1.29, 1.82) is 0 Å². The third-order valence-electron chi connectivity index (χ3n) is 3.51. The van der Waals surface area contributed by atoms with E-state index in [9.17, 15) is 29.8 Å². The first-order valence-corrected chi connectivity index (χ1v) is 7.60. The van der Waals surface area contributed by atoms with Crippen molar-refractivity contribution in [3.05, 3.63) is 62.2 Å². The van der Waals surface area contributed by atoms with Gasteiger partial charge in [0.25, 0.3) is 5.91 Å². The molecular weight excluding hydrogens is 376 g/mol. The minimum Gasteiger partial charge on any atom is -0.497 e. The first-order chi connectivity index (χ1) is 13.2. The van der Waals surface area contributed by atoms with Crippen molar-refractivity contribution in [2.24, 2.45) is 0 Å². The van der Waals surface area contributed by atoms with Crippen LogP contribution < -0.4 is 15.4 Å². The van der Waals surface area contributed by atoms with E-state index >= 15 is 0 Å². The van der Waals surface area contributed by atoms with Gasteiger partial charge < -0.3 is 20.5 Å². The highest BCUT2D eigenvalue weighted by Gasteiger charge is 2.29. The van der Waals surface area contributed by atoms with Crippen LogP contribution in [0.1, 0.15) is 10.4 Å². The van der Waals surface area contributed by atoms with Gasteiger partial charge in [-0.15, -0.1) is 0 Å². The molecule has 2 rings (SSSR count). The number of rotatable bonds is 8. The lowest BCUT2D eigenvalue weighted by Crippen LogP contribution is -2.29. The molecule has 0 saturated carbocycles. The third kappa shape index (κ3) is 4.69. The second-order valence-electron chi connectivity index (χ2n) is 5.33. The largest absolute Gasteiger partial charge is 0.497 e. The van der Waals surface area contributed by atoms with Gasteiger partial charge in [-0.05, 0) is 24.3 Å². The lowest BCUT2D eigenvalue weighted by Gasteiger charge is -2.10. The zero-order chi connectivity index (χ0) is 20.8. The normalized spacial score (nSPS) is 10.0. The van der Waals surface area contributed by atoms with Crippen molar-refractivity contribution in [2.45, 2.75) is 0 Å². The maximum absolute atomic E-state index is 12.0. The van der Waals surface area contributed by atoms with Crippen molar-refractivity contribution in [2.75, 3.05) is 19.0 Å². The van der Waals surface area contributed by atoms with E-state index in [4.69, 9.17) is 9.84 Å². The Morgan fingerprint density at radius 3 is 2.04 bits per heavy atom. The molecule has 0 aliphatic carbocycles. The fourth-order valence-electron chi connectivity index (χ4n) is 2.24. The quantitative estimate of drug-likeness (QED) is 0.450. The number of nitrogens with zero attached hydrogens (tertiary/aromatic N) is 2. The topological polar surface area (TPSA) is 174 Å². The van der Waals surface area contributed by atoms with E-state index in [1.54, 1.807) is 12.1 Å². The smallest absolute Gasteiger partial charge is 0.322 e. The van der Waals surface area contributed by atoms with Gasteiger partial charge in [-0.2, -0.15) is 0 Å². The average molecular weight is 390 g/mol. The molecule has 2 aromatic carbocycles. The molecule has 0 bridgehead atoms. The standard InChI is InChI=1S/C16H14N4O8/c1-28-11-4-2-10(3-5-11)18-15-12(19(24)25)6-9(7-13(15)20(26)27)16(23)17-8-14(21)22/h2-7,18H,8H2,1H3,(H,17,23)(H,21,22). The van der Waals surface area contributed by atoms with Gasteiger partial charge in [-0.25, -0.2) is 0 Å². The SMILES string of the molecule is COc1ccc(Nc2c([N+](=O)[O-])cc(C(=O)NCC(=O)O)cc2[N+](=O)[O-])cc1. The Labute approximate surface area is 157 Å². The number of nitro benzene ring substituents is 2. The van der Waals surface area contributed by atoms with Gasteiger partial charge in [-0.3, -0.25) is 29.8 Å². The number of carbonyl (C=O) groups excluding carboxylic acids is 1. The molecule has 0 atom stereocenters. The molecule has 0 aromatic heterocycles. The molecule has 0 radical (unpaired) electrons. The van der Waals surface area contributed by atoms with Crippen LogP contribution in [0, 0.1) is 20.2 Å². The monoisotopic (exact) mass is 390 g/mol. The molecule has 12 heteroatoms. The van der Waals surface area contributed by atoms with Crippen molar-refractivity contribution in [3.63, 3.8) is 0 Å². The van der Waals surface area contributed by atoms with Crippen LogP contribution in [0.15, 0.2) is 36.4 Å². The summed E-state index contributed by atoms with van der Waals surface area (Å²) in [6.07, 6.45) is 0. The van der Waals surface area contributed by atoms with E-state index in [-0.39, 0.29) is 0 Å². The van der Waals surface area contributed by atoms with Crippen LogP contribution in [-0.2, 0) is 4.79 Å². The zero-order valence-electron chi connectivity index (χ0n) is 14.4. The number of carboxylic acid groups (broad SMARTS) is 1. The molecule has 0 aliphatic heterocycles. The van der Waals surface area contributed by atoms with Crippen molar-refractivity contribution in [3.8, 4) is 5.75 Å². The number of nitrogens with one attached hydrogen (secondary N) is 2. The van der Waals surface area contributed by atoms with E-state index in [1.165, 1.54) is 19.2 Å². The number of ether oxygens (including phenoxy) is 1. The predicted octanol–water partition coefficient (Wildman–Crippen LogP) is 2.07. The molecule has 1 amide bonds. The van der Waals surface area contributed by atoms with Crippen LogP contribution in [0.3, 0.4) is 0 Å². The first-order valence-electron chi connectivity index (χ1n) is 7.60. The lowest BCUT2D eigenvalue weighted by atomic mass is 10.1. The van der Waals surface area contributed by atoms with Gasteiger partial charge in [0.1, 0.15) is 12.3 Å². The molecule has 0 fully saturated rings. The van der Waals surface area contributed by atoms with Crippen molar-refractivity contribution in [1.82, 2.24) is 5.32 Å². The van der Waals surface area contributed by atoms with Gasteiger partial charge in [0, 0.05) is 17.8 Å². The third-order valence-corrected chi connectivity index (χ3v) is 3.51. The molecule has 3 N–H and O–H groups in total. The summed E-state index contributed by atoms with van der Waals surface area (Å²) in [5, 5.41) is 36.0. The number of carbonyl (C=O) groups is 2. The Hall–Kier alpha value is -4.22. The minimum absolute atomic E-state index is 0.315. The van der Waals surface area contributed by atoms with Crippen LogP contribution in [0.5, 0.6) is 5.75 Å². The Morgan fingerprint density at radius 1 is 1.07 bits per heavy atom. The highest BCUT2D eigenvalue weighted by molar-refractivity contribution is 5.99. The molecule has 12 nitrogen and oxygen atoms in total. The van der Waals surface area contributed by atoms with Gasteiger partial charge in [-0.1, -0.05) is 0 Å². The number of nitro groups is 2. The number of hydrogen-bond donors (Lipinski definition) is 3. The van der Waals surface area contributed by atoms with E-state index in [1.807, 2.05) is 5.32 Å². The van der Waals surface area contributed by atoms with E-state index in [2.05, 4.69) is 5.32 Å². The lowest BCUT2D eigenvalue weighted by molar-refractivity contribution is -0.392. The first kappa shape index (κ1) is 20.1. The van der Waals surface area contributed by atoms with E-state index < -0.39 is 50.9 Å². The summed E-state index contributed by atoms with van der Waals surface area (Å²) in [5.74, 6) is -1.82. The highest BCUT2D eigenvalue weighted by Crippen LogP contribution is 2.38. The van der Waals surface area contributed by atoms with Gasteiger partial charge in [0.05, 0.1) is 22.5 Å². The summed E-state index contributed by atoms with van der Waals surface area (Å²) in [5.41, 5.74) is -1.96. The number of aliphatic carboxylic acids is 1. The summed E-state index contributed by atoms with van der Waals surface area (Å²) in [4.78, 5) is 43.6. The van der Waals surface area contributed by atoms with Crippen molar-refractivity contribution < 1.29 is 29.3 Å². The summed E-state index contributed by atoms with van der Waals surface area (Å²) in [6.45, 7) is -0.744. The van der Waals surface area contributed by atoms with Gasteiger partial charge >= 0.3 is 17.3 Å². The second-order valence-corrected chi connectivity index (χ2v) is 5.33. The number of hydrogen-bond acceptors (Lipinski definition) is 8. The molecule has 0 unspecified atom stereocenters. The van der Waals surface area contributed by atoms with Crippen LogP contribution in [-0.4, -0.2) is 40.5 Å². The zero-order valence-corrected chi connectivity index (χ0v) is 14.4. The molecule has 0 spiro atoms. The maximum atomic E-state index is 12.0. The Bertz CT molecular complexity index is 907. The Morgan fingerprint density at radius 2 is 1.61 bits per heavy atom. The molecular formula is C16H14N4O8. The van der Waals surface area contributed by atoms with Crippen LogP contribution in [0.25, 0.3) is 0 Å². The van der Waals surface area contributed by atoms with Crippen molar-refractivity contribution >= 4 is 34.6 Å². The fourth-order valence-corrected chi connectivity index (χ4v) is 2.24. The molecule has 146 valence electrons. The summed E-state index contributed by atoms with van der Waals surface area (Å²) in [6, 6.07) is 7.76. The summed E-state index contributed by atoms with van der Waals surface area (Å²) < 4.78 is 4.99. The molecule has 0 heterocycles. The van der Waals surface area contributed by atoms with E-state index in [0.717, 1.165) is 12.1 Å². The molecule has 0 aliphatic rings. The number of anilines is 2. The summed E-state index contributed by atoms with van der Waals surface area (Å²) in [7, 11) is 1.45. The molecule has 2 aromatic rings. The number of carboxylic acids is 1. The minimum atomic E-state index is -1.34. The highest BCUT2D eigenvalue weighted by atomic mass is 16.6. The molecule has 28 heavy (non-hydrogen) atoms. The van der Waals surface area contributed by atoms with Gasteiger partial charge in [0.15, 0.2) is 5.69 Å².